The molecule has 2 amide bonds. The Labute approximate surface area is 189 Å². The fraction of sp³-hybridized carbons (Fsp3) is 0.0909. The molecule has 3 aromatic carbocycles. The van der Waals surface area contributed by atoms with Crippen molar-refractivity contribution < 1.29 is 22.4 Å². The highest BCUT2D eigenvalue weighted by Gasteiger charge is 2.19. The molecule has 0 radical (unpaired) electrons. The smallest absolute Gasteiger partial charge is 0.261 e. The van der Waals surface area contributed by atoms with Crippen molar-refractivity contribution in [3.05, 3.63) is 82.6 Å². The average molecular weight is 476 g/mol. The van der Waals surface area contributed by atoms with E-state index >= 15 is 0 Å². The molecule has 32 heavy (non-hydrogen) atoms. The summed E-state index contributed by atoms with van der Waals surface area (Å²) < 4.78 is 40.8. The summed E-state index contributed by atoms with van der Waals surface area (Å²) in [5.41, 5.74) is 1.66. The third-order valence-corrected chi connectivity index (χ3v) is 6.09. The van der Waals surface area contributed by atoms with E-state index < -0.39 is 21.7 Å². The number of rotatable bonds is 6. The molecule has 7 nitrogen and oxygen atoms in total. The lowest BCUT2D eigenvalue weighted by molar-refractivity contribution is -0.114. The number of amides is 2. The van der Waals surface area contributed by atoms with E-state index in [0.29, 0.717) is 16.9 Å². The molecule has 0 atom stereocenters. The van der Waals surface area contributed by atoms with Crippen LogP contribution in [0.4, 0.5) is 21.5 Å². The Morgan fingerprint density at radius 1 is 0.906 bits per heavy atom. The third kappa shape index (κ3) is 5.63. The second-order valence-corrected chi connectivity index (χ2v) is 9.01. The summed E-state index contributed by atoms with van der Waals surface area (Å²) in [6, 6.07) is 13.6. The van der Waals surface area contributed by atoms with Gasteiger partial charge in [-0.25, -0.2) is 12.8 Å². The van der Waals surface area contributed by atoms with Crippen LogP contribution in [0.3, 0.4) is 0 Å². The van der Waals surface area contributed by atoms with Crippen LogP contribution in [0, 0.1) is 12.7 Å². The average Bonchev–Trinajstić information content (AvgIpc) is 2.71. The fourth-order valence-corrected chi connectivity index (χ4v) is 4.14. The molecule has 0 bridgehead atoms. The molecule has 0 saturated carbocycles. The van der Waals surface area contributed by atoms with Crippen molar-refractivity contribution in [3.63, 3.8) is 0 Å². The number of carbonyl (C=O) groups is 2. The molecular formula is C22H19ClFN3O4S. The first-order chi connectivity index (χ1) is 15.0. The normalized spacial score (nSPS) is 11.0. The maximum atomic E-state index is 13.1. The van der Waals surface area contributed by atoms with Gasteiger partial charge in [-0.3, -0.25) is 14.3 Å². The van der Waals surface area contributed by atoms with E-state index in [-0.39, 0.29) is 27.1 Å². The Morgan fingerprint density at radius 3 is 2.19 bits per heavy atom. The number of carbonyl (C=O) groups excluding carboxylic acids is 2. The van der Waals surface area contributed by atoms with Gasteiger partial charge in [-0.05, 0) is 67.1 Å². The van der Waals surface area contributed by atoms with E-state index in [1.807, 2.05) is 0 Å². The monoisotopic (exact) mass is 475 g/mol. The Bertz CT molecular complexity index is 1300. The first-order valence-electron chi connectivity index (χ1n) is 9.33. The number of halogens is 2. The van der Waals surface area contributed by atoms with E-state index in [9.17, 15) is 22.4 Å². The zero-order valence-electron chi connectivity index (χ0n) is 17.1. The molecule has 0 unspecified atom stereocenters. The van der Waals surface area contributed by atoms with Crippen molar-refractivity contribution in [3.8, 4) is 0 Å². The van der Waals surface area contributed by atoms with Gasteiger partial charge in [0.15, 0.2) is 0 Å². The van der Waals surface area contributed by atoms with Crippen LogP contribution in [0.15, 0.2) is 65.6 Å². The van der Waals surface area contributed by atoms with Crippen LogP contribution in [-0.4, -0.2) is 20.2 Å². The molecule has 10 heteroatoms. The first-order valence-corrected chi connectivity index (χ1v) is 11.2. The molecule has 0 aromatic heterocycles. The van der Waals surface area contributed by atoms with Crippen molar-refractivity contribution in [2.75, 3.05) is 15.4 Å². The maximum Gasteiger partial charge on any atom is 0.261 e. The third-order valence-electron chi connectivity index (χ3n) is 4.40. The quantitative estimate of drug-likeness (QED) is 0.476. The molecule has 0 heterocycles. The lowest BCUT2D eigenvalue weighted by atomic mass is 10.1. The van der Waals surface area contributed by atoms with E-state index in [0.717, 1.165) is 12.1 Å². The highest BCUT2D eigenvalue weighted by atomic mass is 35.5. The lowest BCUT2D eigenvalue weighted by Crippen LogP contribution is -2.17. The minimum atomic E-state index is -4.01. The minimum Gasteiger partial charge on any atom is -0.325 e. The Morgan fingerprint density at radius 2 is 1.56 bits per heavy atom. The first kappa shape index (κ1) is 23.2. The number of benzene rings is 3. The van der Waals surface area contributed by atoms with Gasteiger partial charge >= 0.3 is 0 Å². The highest BCUT2D eigenvalue weighted by molar-refractivity contribution is 7.92. The van der Waals surface area contributed by atoms with Gasteiger partial charge in [0.25, 0.3) is 15.9 Å². The van der Waals surface area contributed by atoms with Crippen LogP contribution in [0.25, 0.3) is 0 Å². The molecule has 3 aromatic rings. The van der Waals surface area contributed by atoms with Crippen molar-refractivity contribution in [2.45, 2.75) is 18.7 Å². The zero-order chi connectivity index (χ0) is 23.5. The van der Waals surface area contributed by atoms with E-state index in [1.165, 1.54) is 43.3 Å². The number of hydrogen-bond donors (Lipinski definition) is 3. The van der Waals surface area contributed by atoms with Crippen LogP contribution < -0.4 is 15.4 Å². The molecule has 0 aliphatic carbocycles. The van der Waals surface area contributed by atoms with Crippen molar-refractivity contribution >= 4 is 50.5 Å². The second kappa shape index (κ2) is 9.37. The summed E-state index contributed by atoms with van der Waals surface area (Å²) in [5, 5.41) is 5.46. The molecule has 166 valence electrons. The Kier molecular flexibility index (Phi) is 6.81. The van der Waals surface area contributed by atoms with Gasteiger partial charge in [-0.2, -0.15) is 0 Å². The molecule has 0 aliphatic heterocycles. The Hall–Kier alpha value is -3.43. The van der Waals surface area contributed by atoms with E-state index in [4.69, 9.17) is 11.6 Å². The fourth-order valence-electron chi connectivity index (χ4n) is 2.83. The molecular weight excluding hydrogens is 457 g/mol. The number of sulfonamides is 1. The largest absolute Gasteiger partial charge is 0.325 e. The van der Waals surface area contributed by atoms with Crippen LogP contribution in [-0.2, 0) is 14.8 Å². The summed E-state index contributed by atoms with van der Waals surface area (Å²) in [4.78, 5) is 23.9. The minimum absolute atomic E-state index is 0.128. The topological polar surface area (TPSA) is 104 Å². The molecule has 0 aliphatic rings. The molecule has 0 saturated heterocycles. The van der Waals surface area contributed by atoms with Gasteiger partial charge in [0.05, 0.1) is 15.6 Å². The highest BCUT2D eigenvalue weighted by Crippen LogP contribution is 2.26. The number of aryl methyl sites for hydroxylation is 1. The molecule has 3 rings (SSSR count). The van der Waals surface area contributed by atoms with Crippen LogP contribution in [0.1, 0.15) is 22.8 Å². The van der Waals surface area contributed by atoms with Gasteiger partial charge in [0.1, 0.15) is 5.82 Å². The summed E-state index contributed by atoms with van der Waals surface area (Å²) in [7, 11) is -4.01. The van der Waals surface area contributed by atoms with Gasteiger partial charge in [0.2, 0.25) is 5.91 Å². The summed E-state index contributed by atoms with van der Waals surface area (Å²) >= 11 is 6.13. The summed E-state index contributed by atoms with van der Waals surface area (Å²) in [6.07, 6.45) is 0. The summed E-state index contributed by atoms with van der Waals surface area (Å²) in [5.74, 6) is -1.32. The predicted molar refractivity (Wildman–Crippen MR) is 122 cm³/mol. The standard InChI is InChI=1S/C22H19ClFN3O4S/c1-13-3-9-18(32(30,31)27-16-6-4-15(24)5-7-16)12-19(13)22(29)26-17-8-10-21(20(23)11-17)25-14(2)28/h3-12,27H,1-2H3,(H,25,28)(H,26,29). The molecule has 3 N–H and O–H groups in total. The maximum absolute atomic E-state index is 13.1. The number of anilines is 3. The summed E-state index contributed by atoms with van der Waals surface area (Å²) in [6.45, 7) is 3.02. The number of hydrogen-bond acceptors (Lipinski definition) is 4. The van der Waals surface area contributed by atoms with Crippen LogP contribution in [0.2, 0.25) is 5.02 Å². The van der Waals surface area contributed by atoms with Gasteiger partial charge in [-0.1, -0.05) is 17.7 Å². The predicted octanol–water partition coefficient (Wildman–Crippen LogP) is 4.80. The van der Waals surface area contributed by atoms with Gasteiger partial charge < -0.3 is 10.6 Å². The van der Waals surface area contributed by atoms with E-state index in [1.54, 1.807) is 19.1 Å². The van der Waals surface area contributed by atoms with Crippen LogP contribution in [0.5, 0.6) is 0 Å². The SMILES string of the molecule is CC(=O)Nc1ccc(NC(=O)c2cc(S(=O)(=O)Nc3ccc(F)cc3)ccc2C)cc1Cl. The van der Waals surface area contributed by atoms with Crippen molar-refractivity contribution in [1.29, 1.82) is 0 Å². The molecule has 0 fully saturated rings. The Balaban J connectivity index is 1.83. The van der Waals surface area contributed by atoms with Crippen molar-refractivity contribution in [1.82, 2.24) is 0 Å². The zero-order valence-corrected chi connectivity index (χ0v) is 18.6. The van der Waals surface area contributed by atoms with Crippen LogP contribution >= 0.6 is 11.6 Å². The second-order valence-electron chi connectivity index (χ2n) is 6.92. The van der Waals surface area contributed by atoms with Gasteiger partial charge in [0, 0.05) is 23.9 Å². The van der Waals surface area contributed by atoms with Gasteiger partial charge in [-0.15, -0.1) is 0 Å². The molecule has 0 spiro atoms. The van der Waals surface area contributed by atoms with Crippen molar-refractivity contribution in [2.24, 2.45) is 0 Å². The van der Waals surface area contributed by atoms with E-state index in [2.05, 4.69) is 15.4 Å². The number of nitrogens with one attached hydrogen (secondary N) is 3. The lowest BCUT2D eigenvalue weighted by Gasteiger charge is -2.13.